The minimum absolute atomic E-state index is 0.131. The number of aliphatic hydroxyl groups excluding tert-OH is 1. The third-order valence-corrected chi connectivity index (χ3v) is 4.28. The lowest BCUT2D eigenvalue weighted by Crippen LogP contribution is -2.42. The van der Waals surface area contributed by atoms with Crippen LogP contribution in [0, 0.1) is 19.8 Å². The van der Waals surface area contributed by atoms with Gasteiger partial charge in [-0.25, -0.2) is 4.79 Å². The van der Waals surface area contributed by atoms with E-state index in [1.54, 1.807) is 11.9 Å². The summed E-state index contributed by atoms with van der Waals surface area (Å²) in [5, 5.41) is 17.1. The van der Waals surface area contributed by atoms with Crippen molar-refractivity contribution in [3.63, 3.8) is 0 Å². The lowest BCUT2D eigenvalue weighted by atomic mass is 10.1. The number of hydrogen-bond acceptors (Lipinski definition) is 3. The van der Waals surface area contributed by atoms with E-state index in [1.165, 1.54) is 5.56 Å². The fourth-order valence-electron chi connectivity index (χ4n) is 2.60. The summed E-state index contributed by atoms with van der Waals surface area (Å²) in [6.45, 7) is 5.01. The molecule has 2 N–H and O–H groups in total. The van der Waals surface area contributed by atoms with Gasteiger partial charge in [0.05, 0.1) is 11.8 Å². The van der Waals surface area contributed by atoms with Crippen molar-refractivity contribution >= 4 is 6.03 Å². The lowest BCUT2D eigenvalue weighted by Gasteiger charge is -2.21. The fraction of sp³-hybridized carbons (Fsp3) is 0.733. The van der Waals surface area contributed by atoms with E-state index in [9.17, 15) is 9.90 Å². The van der Waals surface area contributed by atoms with Crippen LogP contribution in [0.1, 0.15) is 29.8 Å². The average Bonchev–Trinajstić information content (AvgIpc) is 3.23. The Kier molecular flexibility index (Phi) is 4.88. The number of carbonyl (C=O) groups is 1. The van der Waals surface area contributed by atoms with Gasteiger partial charge in [0.25, 0.3) is 0 Å². The molecule has 1 aliphatic rings. The van der Waals surface area contributed by atoms with Crippen LogP contribution in [0.25, 0.3) is 0 Å². The summed E-state index contributed by atoms with van der Waals surface area (Å²) in [5.41, 5.74) is 3.35. The van der Waals surface area contributed by atoms with Crippen LogP contribution in [-0.2, 0) is 13.5 Å². The topological polar surface area (TPSA) is 70.4 Å². The Morgan fingerprint density at radius 3 is 2.71 bits per heavy atom. The molecule has 1 aromatic heterocycles. The van der Waals surface area contributed by atoms with Crippen molar-refractivity contribution in [1.82, 2.24) is 20.0 Å². The Balaban J connectivity index is 1.75. The molecule has 21 heavy (non-hydrogen) atoms. The number of rotatable bonds is 6. The Hall–Kier alpha value is -1.56. The molecule has 1 fully saturated rings. The molecule has 2 amide bonds. The Morgan fingerprint density at radius 1 is 1.52 bits per heavy atom. The highest BCUT2D eigenvalue weighted by Crippen LogP contribution is 2.32. The van der Waals surface area contributed by atoms with Crippen LogP contribution in [0.15, 0.2) is 0 Å². The molecule has 0 spiro atoms. The largest absolute Gasteiger partial charge is 0.391 e. The summed E-state index contributed by atoms with van der Waals surface area (Å²) in [6.07, 6.45) is 2.55. The molecule has 0 bridgehead atoms. The second-order valence-electron chi connectivity index (χ2n) is 6.04. The zero-order chi connectivity index (χ0) is 15.6. The zero-order valence-electron chi connectivity index (χ0n) is 13.4. The normalized spacial score (nSPS) is 15.9. The molecular weight excluding hydrogens is 268 g/mol. The summed E-state index contributed by atoms with van der Waals surface area (Å²) in [6, 6.07) is -0.131. The minimum Gasteiger partial charge on any atom is -0.391 e. The first-order valence-electron chi connectivity index (χ1n) is 7.56. The van der Waals surface area contributed by atoms with E-state index in [0.717, 1.165) is 30.7 Å². The highest BCUT2D eigenvalue weighted by Gasteiger charge is 2.31. The highest BCUT2D eigenvalue weighted by atomic mass is 16.3. The summed E-state index contributed by atoms with van der Waals surface area (Å²) in [7, 11) is 3.65. The van der Waals surface area contributed by atoms with Crippen LogP contribution in [0.3, 0.4) is 0 Å². The SMILES string of the molecule is Cc1nn(C)c(C)c1CCNC(=O)N(C)CC(O)C1CC1. The second-order valence-corrected chi connectivity index (χ2v) is 6.04. The van der Waals surface area contributed by atoms with E-state index >= 15 is 0 Å². The monoisotopic (exact) mass is 294 g/mol. The molecule has 1 atom stereocenters. The molecule has 0 saturated heterocycles. The van der Waals surface area contributed by atoms with Crippen LogP contribution in [0.5, 0.6) is 0 Å². The molecule has 6 nitrogen and oxygen atoms in total. The van der Waals surface area contributed by atoms with Crippen LogP contribution in [0.2, 0.25) is 0 Å². The van der Waals surface area contributed by atoms with Gasteiger partial charge in [-0.2, -0.15) is 5.10 Å². The van der Waals surface area contributed by atoms with Gasteiger partial charge in [0.1, 0.15) is 0 Å². The van der Waals surface area contributed by atoms with Crippen molar-refractivity contribution in [3.8, 4) is 0 Å². The van der Waals surface area contributed by atoms with Crippen molar-refractivity contribution in [3.05, 3.63) is 17.0 Å². The highest BCUT2D eigenvalue weighted by molar-refractivity contribution is 5.73. The van der Waals surface area contributed by atoms with Crippen molar-refractivity contribution in [1.29, 1.82) is 0 Å². The molecule has 0 aliphatic heterocycles. The molecule has 0 aromatic carbocycles. The van der Waals surface area contributed by atoms with Gasteiger partial charge in [-0.1, -0.05) is 0 Å². The van der Waals surface area contributed by atoms with Gasteiger partial charge in [-0.15, -0.1) is 0 Å². The van der Waals surface area contributed by atoms with E-state index in [-0.39, 0.29) is 12.1 Å². The number of nitrogens with one attached hydrogen (secondary N) is 1. The van der Waals surface area contributed by atoms with Gasteiger partial charge in [-0.05, 0) is 44.6 Å². The van der Waals surface area contributed by atoms with Gasteiger partial charge in [0.15, 0.2) is 0 Å². The van der Waals surface area contributed by atoms with Gasteiger partial charge in [0, 0.05) is 32.9 Å². The molecule has 0 radical (unpaired) electrons. The third-order valence-electron chi connectivity index (χ3n) is 4.28. The molecular formula is C15H26N4O2. The Labute approximate surface area is 126 Å². The number of hydrogen-bond donors (Lipinski definition) is 2. The van der Waals surface area contributed by atoms with Crippen molar-refractivity contribution in [2.45, 2.75) is 39.2 Å². The Bertz CT molecular complexity index is 508. The predicted molar refractivity (Wildman–Crippen MR) is 81.1 cm³/mol. The van der Waals surface area contributed by atoms with Crippen LogP contribution >= 0.6 is 0 Å². The van der Waals surface area contributed by atoms with Crippen LogP contribution in [-0.4, -0.2) is 52.1 Å². The van der Waals surface area contributed by atoms with E-state index in [0.29, 0.717) is 19.0 Å². The van der Waals surface area contributed by atoms with Crippen LogP contribution < -0.4 is 5.32 Å². The number of amides is 2. The first-order valence-corrected chi connectivity index (χ1v) is 7.56. The third kappa shape index (κ3) is 3.97. The first-order chi connectivity index (χ1) is 9.90. The molecule has 1 unspecified atom stereocenters. The maximum absolute atomic E-state index is 12.0. The summed E-state index contributed by atoms with van der Waals surface area (Å²) in [5.74, 6) is 0.390. The van der Waals surface area contributed by atoms with E-state index in [1.807, 2.05) is 25.6 Å². The number of aliphatic hydroxyl groups is 1. The summed E-state index contributed by atoms with van der Waals surface area (Å²) in [4.78, 5) is 13.5. The summed E-state index contributed by atoms with van der Waals surface area (Å²) >= 11 is 0. The molecule has 2 rings (SSSR count). The van der Waals surface area contributed by atoms with Gasteiger partial charge in [0.2, 0.25) is 0 Å². The first kappa shape index (κ1) is 15.8. The molecule has 1 aromatic rings. The van der Waals surface area contributed by atoms with Crippen LogP contribution in [0.4, 0.5) is 4.79 Å². The van der Waals surface area contributed by atoms with E-state index in [2.05, 4.69) is 10.4 Å². The number of urea groups is 1. The molecule has 1 aliphatic carbocycles. The predicted octanol–water partition coefficient (Wildman–Crippen LogP) is 0.992. The number of aryl methyl sites for hydroxylation is 2. The fourth-order valence-corrected chi connectivity index (χ4v) is 2.60. The number of likely N-dealkylation sites (N-methyl/N-ethyl adjacent to an activating group) is 1. The van der Waals surface area contributed by atoms with Gasteiger partial charge in [-0.3, -0.25) is 4.68 Å². The second kappa shape index (κ2) is 6.47. The quantitative estimate of drug-likeness (QED) is 0.822. The molecule has 6 heteroatoms. The van der Waals surface area contributed by atoms with Crippen molar-refractivity contribution in [2.75, 3.05) is 20.1 Å². The maximum atomic E-state index is 12.0. The molecule has 118 valence electrons. The Morgan fingerprint density at radius 2 is 2.19 bits per heavy atom. The minimum atomic E-state index is -0.386. The standard InChI is InChI=1S/C15H26N4O2/c1-10-13(11(2)19(4)17-10)7-8-16-15(21)18(3)9-14(20)12-5-6-12/h12,14,20H,5-9H2,1-4H3,(H,16,21). The maximum Gasteiger partial charge on any atom is 0.317 e. The van der Waals surface area contributed by atoms with E-state index < -0.39 is 0 Å². The number of carbonyl (C=O) groups excluding carboxylic acids is 1. The average molecular weight is 294 g/mol. The van der Waals surface area contributed by atoms with Gasteiger partial charge < -0.3 is 15.3 Å². The van der Waals surface area contributed by atoms with E-state index in [4.69, 9.17) is 0 Å². The molecule has 1 saturated carbocycles. The lowest BCUT2D eigenvalue weighted by molar-refractivity contribution is 0.113. The van der Waals surface area contributed by atoms with Gasteiger partial charge >= 0.3 is 6.03 Å². The zero-order valence-corrected chi connectivity index (χ0v) is 13.4. The summed E-state index contributed by atoms with van der Waals surface area (Å²) < 4.78 is 1.87. The number of aromatic nitrogens is 2. The van der Waals surface area contributed by atoms with Crippen molar-refractivity contribution in [2.24, 2.45) is 13.0 Å². The van der Waals surface area contributed by atoms with Crippen molar-refractivity contribution < 1.29 is 9.90 Å². The smallest absolute Gasteiger partial charge is 0.317 e. The number of nitrogens with zero attached hydrogens (tertiary/aromatic N) is 3. The molecule has 1 heterocycles.